The summed E-state index contributed by atoms with van der Waals surface area (Å²) in [5.41, 5.74) is 0.762. The van der Waals surface area contributed by atoms with Gasteiger partial charge in [0.2, 0.25) is 5.56 Å². The van der Waals surface area contributed by atoms with E-state index in [1.807, 2.05) is 18.2 Å². The van der Waals surface area contributed by atoms with E-state index < -0.39 is 0 Å². The van der Waals surface area contributed by atoms with E-state index >= 15 is 0 Å². The first-order valence-electron chi connectivity index (χ1n) is 6.30. The zero-order valence-electron chi connectivity index (χ0n) is 11.1. The molecule has 1 N–H and O–H groups in total. The van der Waals surface area contributed by atoms with Crippen molar-refractivity contribution in [3.8, 4) is 0 Å². The van der Waals surface area contributed by atoms with Crippen LogP contribution in [0, 0.1) is 0 Å². The molecule has 1 amide bonds. The molecule has 0 radical (unpaired) electrons. The highest BCUT2D eigenvalue weighted by Gasteiger charge is 2.17. The van der Waals surface area contributed by atoms with Crippen LogP contribution in [0.25, 0.3) is 10.9 Å². The summed E-state index contributed by atoms with van der Waals surface area (Å²) in [4.78, 5) is 28.6. The Balaban J connectivity index is 2.55. The van der Waals surface area contributed by atoms with E-state index in [0.717, 1.165) is 5.39 Å². The number of hydrogen-bond donors (Lipinski definition) is 1. The van der Waals surface area contributed by atoms with E-state index in [9.17, 15) is 9.59 Å². The second-order valence-corrected chi connectivity index (χ2v) is 4.38. The number of nitrogens with zero attached hydrogens (tertiary/aromatic N) is 1. The summed E-state index contributed by atoms with van der Waals surface area (Å²) in [6.45, 7) is 8.10. The van der Waals surface area contributed by atoms with Gasteiger partial charge in [-0.15, -0.1) is 13.2 Å². The van der Waals surface area contributed by atoms with Gasteiger partial charge >= 0.3 is 0 Å². The molecule has 20 heavy (non-hydrogen) atoms. The predicted molar refractivity (Wildman–Crippen MR) is 80.9 cm³/mol. The molecule has 102 valence electrons. The molecule has 0 aliphatic carbocycles. The third kappa shape index (κ3) is 2.69. The molecule has 1 heterocycles. The maximum atomic E-state index is 12.6. The lowest BCUT2D eigenvalue weighted by atomic mass is 10.1. The van der Waals surface area contributed by atoms with Gasteiger partial charge in [-0.1, -0.05) is 30.4 Å². The fraction of sp³-hybridized carbons (Fsp3) is 0.125. The summed E-state index contributed by atoms with van der Waals surface area (Å²) < 4.78 is 0. The molecule has 1 aromatic heterocycles. The van der Waals surface area contributed by atoms with Gasteiger partial charge < -0.3 is 9.88 Å². The Hall–Kier alpha value is -2.62. The van der Waals surface area contributed by atoms with Gasteiger partial charge in [0.05, 0.1) is 5.56 Å². The number of nitrogens with one attached hydrogen (secondary N) is 1. The second-order valence-electron chi connectivity index (χ2n) is 4.38. The van der Waals surface area contributed by atoms with Crippen molar-refractivity contribution in [1.82, 2.24) is 9.88 Å². The molecule has 1 aromatic carbocycles. The lowest BCUT2D eigenvalue weighted by Gasteiger charge is -2.20. The quantitative estimate of drug-likeness (QED) is 0.846. The highest BCUT2D eigenvalue weighted by Crippen LogP contribution is 2.16. The van der Waals surface area contributed by atoms with Crippen LogP contribution in [0.15, 0.2) is 60.4 Å². The Labute approximate surface area is 117 Å². The molecule has 4 nitrogen and oxygen atoms in total. The number of benzene rings is 1. The van der Waals surface area contributed by atoms with Crippen LogP contribution in [-0.2, 0) is 0 Å². The van der Waals surface area contributed by atoms with E-state index in [1.165, 1.54) is 6.07 Å². The molecule has 0 bridgehead atoms. The number of aromatic amines is 1. The highest BCUT2D eigenvalue weighted by atomic mass is 16.2. The zero-order chi connectivity index (χ0) is 14.5. The Morgan fingerprint density at radius 2 is 1.85 bits per heavy atom. The fourth-order valence-electron chi connectivity index (χ4n) is 2.10. The van der Waals surface area contributed by atoms with Crippen molar-refractivity contribution in [1.29, 1.82) is 0 Å². The maximum Gasteiger partial charge on any atom is 0.255 e. The van der Waals surface area contributed by atoms with Crippen LogP contribution in [0.2, 0.25) is 0 Å². The smallest absolute Gasteiger partial charge is 0.255 e. The molecule has 0 unspecified atom stereocenters. The van der Waals surface area contributed by atoms with Crippen molar-refractivity contribution in [3.05, 3.63) is 71.6 Å². The average molecular weight is 268 g/mol. The zero-order valence-corrected chi connectivity index (χ0v) is 11.1. The Kier molecular flexibility index (Phi) is 4.15. The summed E-state index contributed by atoms with van der Waals surface area (Å²) in [5, 5.41) is 0.732. The van der Waals surface area contributed by atoms with Gasteiger partial charge in [-0.2, -0.15) is 0 Å². The first-order chi connectivity index (χ1) is 9.67. The van der Waals surface area contributed by atoms with Crippen LogP contribution in [0.3, 0.4) is 0 Å². The standard InChI is InChI=1S/C16H16N2O2/c1-3-9-18(10-4-2)16(20)13-11-15(19)17-14-8-6-5-7-12(13)14/h3-8,11H,1-2,9-10H2,(H,17,19). The van der Waals surface area contributed by atoms with E-state index in [2.05, 4.69) is 18.1 Å². The Morgan fingerprint density at radius 1 is 1.20 bits per heavy atom. The minimum absolute atomic E-state index is 0.202. The normalized spacial score (nSPS) is 10.2. The van der Waals surface area contributed by atoms with Crippen molar-refractivity contribution in [2.24, 2.45) is 0 Å². The summed E-state index contributed by atoms with van der Waals surface area (Å²) >= 11 is 0. The first kappa shape index (κ1) is 13.8. The Bertz CT molecular complexity index is 706. The third-order valence-corrected chi connectivity index (χ3v) is 2.97. The number of fused-ring (bicyclic) bond motifs is 1. The fourth-order valence-corrected chi connectivity index (χ4v) is 2.10. The monoisotopic (exact) mass is 268 g/mol. The number of amides is 1. The summed E-state index contributed by atoms with van der Waals surface area (Å²) in [5.74, 6) is -0.202. The molecule has 0 saturated carbocycles. The molecule has 0 aliphatic rings. The van der Waals surface area contributed by atoms with E-state index in [0.29, 0.717) is 24.2 Å². The van der Waals surface area contributed by atoms with Gasteiger partial charge in [0.25, 0.3) is 5.91 Å². The molecular formula is C16H16N2O2. The van der Waals surface area contributed by atoms with Crippen molar-refractivity contribution < 1.29 is 4.79 Å². The topological polar surface area (TPSA) is 53.2 Å². The largest absolute Gasteiger partial charge is 0.331 e. The van der Waals surface area contributed by atoms with Gasteiger partial charge in [0.15, 0.2) is 0 Å². The molecule has 0 aliphatic heterocycles. The number of hydrogen-bond acceptors (Lipinski definition) is 2. The van der Waals surface area contributed by atoms with Crippen LogP contribution in [0.5, 0.6) is 0 Å². The average Bonchev–Trinajstić information content (AvgIpc) is 2.45. The van der Waals surface area contributed by atoms with Gasteiger partial charge in [-0.25, -0.2) is 0 Å². The molecule has 0 saturated heterocycles. The third-order valence-electron chi connectivity index (χ3n) is 2.97. The molecule has 2 rings (SSSR count). The minimum Gasteiger partial charge on any atom is -0.331 e. The number of rotatable bonds is 5. The second kappa shape index (κ2) is 6.02. The van der Waals surface area contributed by atoms with Crippen LogP contribution in [0.1, 0.15) is 10.4 Å². The lowest BCUT2D eigenvalue weighted by Crippen LogP contribution is -2.32. The molecule has 2 aromatic rings. The van der Waals surface area contributed by atoms with Crippen LogP contribution in [-0.4, -0.2) is 28.9 Å². The summed E-state index contributed by atoms with van der Waals surface area (Å²) in [6.07, 6.45) is 3.30. The molecule has 0 spiro atoms. The number of pyridine rings is 1. The summed E-state index contributed by atoms with van der Waals surface area (Å²) in [7, 11) is 0. The van der Waals surface area contributed by atoms with Crippen molar-refractivity contribution in [3.63, 3.8) is 0 Å². The number of para-hydroxylation sites is 1. The number of carbonyl (C=O) groups excluding carboxylic acids is 1. The Morgan fingerprint density at radius 3 is 2.50 bits per heavy atom. The van der Waals surface area contributed by atoms with Gasteiger partial charge in [0, 0.05) is 30.1 Å². The molecular weight excluding hydrogens is 252 g/mol. The van der Waals surface area contributed by atoms with E-state index in [-0.39, 0.29) is 11.5 Å². The number of carbonyl (C=O) groups is 1. The van der Waals surface area contributed by atoms with Crippen molar-refractivity contribution in [2.75, 3.05) is 13.1 Å². The van der Waals surface area contributed by atoms with Crippen LogP contribution in [0.4, 0.5) is 0 Å². The number of H-pyrrole nitrogens is 1. The maximum absolute atomic E-state index is 12.6. The summed E-state index contributed by atoms with van der Waals surface area (Å²) in [6, 6.07) is 8.59. The molecule has 0 fully saturated rings. The number of aromatic nitrogens is 1. The van der Waals surface area contributed by atoms with Crippen LogP contribution >= 0.6 is 0 Å². The van der Waals surface area contributed by atoms with Crippen LogP contribution < -0.4 is 5.56 Å². The van der Waals surface area contributed by atoms with Gasteiger partial charge in [0.1, 0.15) is 0 Å². The predicted octanol–water partition coefficient (Wildman–Crippen LogP) is 2.34. The SMILES string of the molecule is C=CCN(CC=C)C(=O)c1cc(=O)[nH]c2ccccc12. The van der Waals surface area contributed by atoms with Gasteiger partial charge in [-0.3, -0.25) is 9.59 Å². The molecule has 4 heteroatoms. The van der Waals surface area contributed by atoms with E-state index in [4.69, 9.17) is 0 Å². The van der Waals surface area contributed by atoms with E-state index in [1.54, 1.807) is 23.1 Å². The van der Waals surface area contributed by atoms with Crippen molar-refractivity contribution in [2.45, 2.75) is 0 Å². The van der Waals surface area contributed by atoms with Gasteiger partial charge in [-0.05, 0) is 6.07 Å². The molecule has 0 atom stereocenters. The first-order valence-corrected chi connectivity index (χ1v) is 6.30. The lowest BCUT2D eigenvalue weighted by molar-refractivity contribution is 0.0792. The minimum atomic E-state index is -0.288. The van der Waals surface area contributed by atoms with Crippen molar-refractivity contribution >= 4 is 16.8 Å². The highest BCUT2D eigenvalue weighted by molar-refractivity contribution is 6.06.